The number of unbranched alkanes of at least 4 members (excludes halogenated alkanes) is 11. The average molecular weight is 435 g/mol. The van der Waals surface area contributed by atoms with Crippen LogP contribution in [0.25, 0.3) is 0 Å². The van der Waals surface area contributed by atoms with Crippen LogP contribution in [0.1, 0.15) is 115 Å². The molecule has 4 nitrogen and oxygen atoms in total. The Balaban J connectivity index is 1.95. The van der Waals surface area contributed by atoms with Gasteiger partial charge >= 0.3 is 5.97 Å². The molecule has 4 heteroatoms. The quantitative estimate of drug-likeness (QED) is 0.133. The Morgan fingerprint density at radius 2 is 1.29 bits per heavy atom. The Bertz CT molecular complexity index is 529. The Hall–Kier alpha value is -1.39. The fraction of sp³-hybridized carbons (Fsp3) is 0.741. The summed E-state index contributed by atoms with van der Waals surface area (Å²) in [5, 5.41) is 19.3. The Kier molecular flexibility index (Phi) is 17.2. The van der Waals surface area contributed by atoms with Gasteiger partial charge in [0.1, 0.15) is 6.61 Å². The molecule has 31 heavy (non-hydrogen) atoms. The summed E-state index contributed by atoms with van der Waals surface area (Å²) in [6.45, 7) is 2.59. The first-order chi connectivity index (χ1) is 15.1. The molecule has 0 aliphatic rings. The molecule has 1 atom stereocenters. The van der Waals surface area contributed by atoms with Crippen LogP contribution in [0.5, 0.6) is 0 Å². The highest BCUT2D eigenvalue weighted by molar-refractivity contribution is 5.69. The minimum absolute atomic E-state index is 0.0232. The maximum Gasteiger partial charge on any atom is 0.306 e. The van der Waals surface area contributed by atoms with E-state index >= 15 is 0 Å². The van der Waals surface area contributed by atoms with Crippen molar-refractivity contribution in [2.75, 3.05) is 0 Å². The van der Waals surface area contributed by atoms with Gasteiger partial charge in [0.2, 0.25) is 0 Å². The van der Waals surface area contributed by atoms with Crippen molar-refractivity contribution in [2.24, 2.45) is 5.92 Å². The summed E-state index contributed by atoms with van der Waals surface area (Å²) in [5.74, 6) is -0.0935. The molecule has 0 radical (unpaired) electrons. The van der Waals surface area contributed by atoms with Gasteiger partial charge < -0.3 is 14.9 Å². The van der Waals surface area contributed by atoms with Gasteiger partial charge in [-0.05, 0) is 24.8 Å². The maximum atomic E-state index is 11.8. The molecule has 0 heterocycles. The molecule has 1 aromatic carbocycles. The van der Waals surface area contributed by atoms with E-state index in [9.17, 15) is 15.0 Å². The molecule has 0 aromatic heterocycles. The molecule has 0 saturated carbocycles. The molecule has 2 N–H and O–H groups in total. The molecule has 0 aliphatic carbocycles. The van der Waals surface area contributed by atoms with Gasteiger partial charge in [-0.1, -0.05) is 114 Å². The fourth-order valence-electron chi connectivity index (χ4n) is 4.00. The third-order valence-electron chi connectivity index (χ3n) is 6.05. The van der Waals surface area contributed by atoms with Crippen molar-refractivity contribution in [3.05, 3.63) is 35.9 Å². The third kappa shape index (κ3) is 16.0. The largest absolute Gasteiger partial charge is 0.461 e. The summed E-state index contributed by atoms with van der Waals surface area (Å²) in [6.07, 6.45) is 16.3. The van der Waals surface area contributed by atoms with Crippen molar-refractivity contribution in [3.63, 3.8) is 0 Å². The summed E-state index contributed by atoms with van der Waals surface area (Å²) < 4.78 is 5.30. The van der Waals surface area contributed by atoms with E-state index in [-0.39, 0.29) is 11.9 Å². The van der Waals surface area contributed by atoms with Gasteiger partial charge in [0, 0.05) is 12.3 Å². The minimum Gasteiger partial charge on any atom is -0.461 e. The molecular weight excluding hydrogens is 388 g/mol. The highest BCUT2D eigenvalue weighted by Crippen LogP contribution is 2.21. The lowest BCUT2D eigenvalue weighted by Gasteiger charge is -2.18. The lowest BCUT2D eigenvalue weighted by Crippen LogP contribution is -2.19. The Labute approximate surface area is 190 Å². The fourth-order valence-corrected chi connectivity index (χ4v) is 4.00. The predicted molar refractivity (Wildman–Crippen MR) is 127 cm³/mol. The normalized spacial score (nSPS) is 12.3. The average Bonchev–Trinajstić information content (AvgIpc) is 2.77. The van der Waals surface area contributed by atoms with E-state index < -0.39 is 6.29 Å². The van der Waals surface area contributed by atoms with Gasteiger partial charge in [-0.15, -0.1) is 0 Å². The van der Waals surface area contributed by atoms with Gasteiger partial charge in [0.15, 0.2) is 6.29 Å². The first kappa shape index (κ1) is 27.6. The first-order valence-corrected chi connectivity index (χ1v) is 12.7. The smallest absolute Gasteiger partial charge is 0.306 e. The number of aliphatic hydroxyl groups excluding tert-OH is 1. The molecular formula is C27H46O4. The molecule has 0 aliphatic heterocycles. The molecule has 0 saturated heterocycles. The molecule has 178 valence electrons. The van der Waals surface area contributed by atoms with Crippen LogP contribution in [-0.4, -0.2) is 22.5 Å². The number of hydrogen-bond acceptors (Lipinski definition) is 4. The van der Waals surface area contributed by atoms with E-state index in [1.165, 1.54) is 38.5 Å². The number of aliphatic hydroxyl groups is 2. The SMILES string of the molecule is CCCCCCCCCC(CCCCCCCCC(=O)OCc1ccccc1)C(O)O. The van der Waals surface area contributed by atoms with Crippen LogP contribution in [0.4, 0.5) is 0 Å². The minimum atomic E-state index is -1.18. The molecule has 0 fully saturated rings. The molecule has 0 spiro atoms. The zero-order valence-corrected chi connectivity index (χ0v) is 19.8. The Morgan fingerprint density at radius 3 is 1.84 bits per heavy atom. The van der Waals surface area contributed by atoms with Crippen LogP contribution in [0.15, 0.2) is 30.3 Å². The van der Waals surface area contributed by atoms with Crippen molar-refractivity contribution >= 4 is 5.97 Å². The molecule has 0 bridgehead atoms. The maximum absolute atomic E-state index is 11.8. The van der Waals surface area contributed by atoms with Gasteiger partial charge in [0.05, 0.1) is 0 Å². The summed E-state index contributed by atoms with van der Waals surface area (Å²) in [7, 11) is 0. The lowest BCUT2D eigenvalue weighted by molar-refractivity contribution is -0.145. The van der Waals surface area contributed by atoms with E-state index in [0.717, 1.165) is 63.4 Å². The second-order valence-corrected chi connectivity index (χ2v) is 8.89. The number of rotatable bonds is 20. The van der Waals surface area contributed by atoms with Crippen molar-refractivity contribution in [3.8, 4) is 0 Å². The third-order valence-corrected chi connectivity index (χ3v) is 6.05. The van der Waals surface area contributed by atoms with E-state index in [0.29, 0.717) is 13.0 Å². The van der Waals surface area contributed by atoms with E-state index in [1.54, 1.807) is 0 Å². The van der Waals surface area contributed by atoms with Gasteiger partial charge in [0.25, 0.3) is 0 Å². The summed E-state index contributed by atoms with van der Waals surface area (Å²) in [6, 6.07) is 9.77. The molecule has 1 rings (SSSR count). The van der Waals surface area contributed by atoms with Gasteiger partial charge in [-0.25, -0.2) is 0 Å². The number of benzene rings is 1. The van der Waals surface area contributed by atoms with Crippen LogP contribution in [0.3, 0.4) is 0 Å². The standard InChI is InChI=1S/C27H46O4/c1-2-3-4-5-6-9-15-20-25(27(29)30)21-16-10-7-8-11-17-22-26(28)31-23-24-18-13-12-14-19-24/h12-14,18-19,25,27,29-30H,2-11,15-17,20-23H2,1H3. The van der Waals surface area contributed by atoms with Crippen LogP contribution < -0.4 is 0 Å². The molecule has 0 amide bonds. The Morgan fingerprint density at radius 1 is 0.774 bits per heavy atom. The number of carbonyl (C=O) groups is 1. The second-order valence-electron chi connectivity index (χ2n) is 8.89. The highest BCUT2D eigenvalue weighted by Gasteiger charge is 2.15. The van der Waals surface area contributed by atoms with Crippen molar-refractivity contribution in [2.45, 2.75) is 123 Å². The summed E-state index contributed by atoms with van der Waals surface area (Å²) in [4.78, 5) is 11.8. The zero-order chi connectivity index (χ0) is 22.6. The van der Waals surface area contributed by atoms with Crippen molar-refractivity contribution in [1.82, 2.24) is 0 Å². The van der Waals surface area contributed by atoms with E-state index in [2.05, 4.69) is 6.92 Å². The number of hydrogen-bond donors (Lipinski definition) is 2. The number of carbonyl (C=O) groups excluding carboxylic acids is 1. The van der Waals surface area contributed by atoms with E-state index in [4.69, 9.17) is 4.74 Å². The predicted octanol–water partition coefficient (Wildman–Crippen LogP) is 6.92. The van der Waals surface area contributed by atoms with Crippen molar-refractivity contribution in [1.29, 1.82) is 0 Å². The summed E-state index contributed by atoms with van der Waals surface area (Å²) >= 11 is 0. The highest BCUT2D eigenvalue weighted by atomic mass is 16.5. The van der Waals surface area contributed by atoms with Crippen LogP contribution >= 0.6 is 0 Å². The van der Waals surface area contributed by atoms with Gasteiger partial charge in [-0.2, -0.15) is 0 Å². The van der Waals surface area contributed by atoms with Crippen LogP contribution in [0.2, 0.25) is 0 Å². The second kappa shape index (κ2) is 19.3. The number of ether oxygens (including phenoxy) is 1. The summed E-state index contributed by atoms with van der Waals surface area (Å²) in [5.41, 5.74) is 1.02. The zero-order valence-electron chi connectivity index (χ0n) is 19.8. The first-order valence-electron chi connectivity index (χ1n) is 12.7. The van der Waals surface area contributed by atoms with Crippen molar-refractivity contribution < 1.29 is 19.7 Å². The molecule has 1 unspecified atom stereocenters. The number of esters is 1. The molecule has 1 aromatic rings. The van der Waals surface area contributed by atoms with Crippen LogP contribution in [0, 0.1) is 5.92 Å². The van der Waals surface area contributed by atoms with Gasteiger partial charge in [-0.3, -0.25) is 4.79 Å². The van der Waals surface area contributed by atoms with E-state index in [1.807, 2.05) is 30.3 Å². The topological polar surface area (TPSA) is 66.8 Å². The lowest BCUT2D eigenvalue weighted by atomic mass is 9.93. The monoisotopic (exact) mass is 434 g/mol. The van der Waals surface area contributed by atoms with Crippen LogP contribution in [-0.2, 0) is 16.1 Å².